The minimum Gasteiger partial charge on any atom is -0.497 e. The van der Waals surface area contributed by atoms with Gasteiger partial charge in [-0.15, -0.1) is 11.8 Å². The normalized spacial score (nSPS) is 10.0. The Morgan fingerprint density at radius 2 is 1.95 bits per heavy atom. The Morgan fingerprint density at radius 1 is 1.19 bits per heavy atom. The van der Waals surface area contributed by atoms with Gasteiger partial charge in [0.2, 0.25) is 0 Å². The summed E-state index contributed by atoms with van der Waals surface area (Å²) in [5.41, 5.74) is 2.15. The van der Waals surface area contributed by atoms with Crippen LogP contribution < -0.4 is 15.4 Å². The molecule has 0 fully saturated rings. The molecule has 0 spiro atoms. The van der Waals surface area contributed by atoms with Gasteiger partial charge in [0.05, 0.1) is 7.11 Å². The highest BCUT2D eigenvalue weighted by Crippen LogP contribution is 2.18. The monoisotopic (exact) mass is 318 g/mol. The predicted molar refractivity (Wildman–Crippen MR) is 94.3 cm³/mol. The molecule has 0 bridgehead atoms. The van der Waals surface area contributed by atoms with Gasteiger partial charge in [0.15, 0.2) is 5.11 Å². The van der Waals surface area contributed by atoms with Crippen molar-refractivity contribution in [2.45, 2.75) is 11.4 Å². The van der Waals surface area contributed by atoms with Crippen molar-refractivity contribution < 1.29 is 4.74 Å². The number of benzene rings is 2. The van der Waals surface area contributed by atoms with Gasteiger partial charge in [-0.05, 0) is 54.4 Å². The highest BCUT2D eigenvalue weighted by Gasteiger charge is 2.00. The predicted octanol–water partition coefficient (Wildman–Crippen LogP) is 3.90. The van der Waals surface area contributed by atoms with Crippen LogP contribution in [0.5, 0.6) is 5.75 Å². The Bertz CT molecular complexity index is 599. The smallest absolute Gasteiger partial charge is 0.171 e. The Labute approximate surface area is 135 Å². The quantitative estimate of drug-likeness (QED) is 0.645. The molecule has 0 aliphatic rings. The van der Waals surface area contributed by atoms with Crippen molar-refractivity contribution in [3.05, 3.63) is 54.1 Å². The van der Waals surface area contributed by atoms with Crippen molar-refractivity contribution in [3.8, 4) is 5.75 Å². The van der Waals surface area contributed by atoms with Crippen LogP contribution in [0.3, 0.4) is 0 Å². The summed E-state index contributed by atoms with van der Waals surface area (Å²) in [6.07, 6.45) is 2.05. The average Bonchev–Trinajstić information content (AvgIpc) is 2.53. The summed E-state index contributed by atoms with van der Waals surface area (Å²) in [6, 6.07) is 16.1. The molecule has 0 aliphatic carbocycles. The summed E-state index contributed by atoms with van der Waals surface area (Å²) in [7, 11) is 1.66. The minimum absolute atomic E-state index is 0.615. The first kappa shape index (κ1) is 15.7. The molecule has 0 heterocycles. The van der Waals surface area contributed by atoms with E-state index in [1.807, 2.05) is 36.4 Å². The fourth-order valence-corrected chi connectivity index (χ4v) is 2.45. The standard InChI is InChI=1S/C16H18N2OS2/c1-19-14-8-6-12(7-9-14)11-17-16(20)18-13-4-3-5-15(10-13)21-2/h3-10H,11H2,1-2H3,(H2,17,18,20). The number of hydrogen-bond donors (Lipinski definition) is 2. The Morgan fingerprint density at radius 3 is 2.62 bits per heavy atom. The Balaban J connectivity index is 1.86. The summed E-state index contributed by atoms with van der Waals surface area (Å²) in [5, 5.41) is 7.00. The number of thioether (sulfide) groups is 1. The van der Waals surface area contributed by atoms with Crippen LogP contribution in [0.4, 0.5) is 5.69 Å². The van der Waals surface area contributed by atoms with Gasteiger partial charge in [-0.1, -0.05) is 18.2 Å². The molecule has 0 amide bonds. The molecule has 3 nitrogen and oxygen atoms in total. The van der Waals surface area contributed by atoms with E-state index in [1.165, 1.54) is 4.90 Å². The van der Waals surface area contributed by atoms with Crippen molar-refractivity contribution in [1.82, 2.24) is 5.32 Å². The summed E-state index contributed by atoms with van der Waals surface area (Å²) >= 11 is 7.02. The maximum Gasteiger partial charge on any atom is 0.171 e. The number of thiocarbonyl (C=S) groups is 1. The fourth-order valence-electron chi connectivity index (χ4n) is 1.80. The third-order valence-corrected chi connectivity index (χ3v) is 3.91. The average molecular weight is 318 g/mol. The molecule has 0 saturated carbocycles. The Kier molecular flexibility index (Phi) is 5.90. The molecule has 2 rings (SSSR count). The molecule has 2 aromatic rings. The maximum absolute atomic E-state index is 5.31. The lowest BCUT2D eigenvalue weighted by atomic mass is 10.2. The molecule has 110 valence electrons. The second-order valence-electron chi connectivity index (χ2n) is 4.39. The number of methoxy groups -OCH3 is 1. The minimum atomic E-state index is 0.615. The van der Waals surface area contributed by atoms with Crippen LogP contribution in [-0.4, -0.2) is 18.5 Å². The van der Waals surface area contributed by atoms with Crippen LogP contribution >= 0.6 is 24.0 Å². The second-order valence-corrected chi connectivity index (χ2v) is 5.68. The molecule has 0 aromatic heterocycles. The van der Waals surface area contributed by atoms with Gasteiger partial charge in [0.25, 0.3) is 0 Å². The van der Waals surface area contributed by atoms with Crippen LogP contribution in [0.2, 0.25) is 0 Å². The van der Waals surface area contributed by atoms with Crippen molar-refractivity contribution in [3.63, 3.8) is 0 Å². The van der Waals surface area contributed by atoms with Crippen LogP contribution in [0.1, 0.15) is 5.56 Å². The third-order valence-electron chi connectivity index (χ3n) is 2.94. The zero-order valence-electron chi connectivity index (χ0n) is 12.1. The van der Waals surface area contributed by atoms with Crippen LogP contribution in [0, 0.1) is 0 Å². The molecule has 2 N–H and O–H groups in total. The highest BCUT2D eigenvalue weighted by atomic mass is 32.2. The van der Waals surface area contributed by atoms with E-state index < -0.39 is 0 Å². The van der Waals surface area contributed by atoms with E-state index in [4.69, 9.17) is 17.0 Å². The van der Waals surface area contributed by atoms with Gasteiger partial charge < -0.3 is 15.4 Å². The van der Waals surface area contributed by atoms with E-state index in [1.54, 1.807) is 18.9 Å². The number of hydrogen-bond acceptors (Lipinski definition) is 3. The number of nitrogens with one attached hydrogen (secondary N) is 2. The topological polar surface area (TPSA) is 33.3 Å². The molecule has 2 aromatic carbocycles. The van der Waals surface area contributed by atoms with E-state index >= 15 is 0 Å². The molecule has 0 radical (unpaired) electrons. The van der Waals surface area contributed by atoms with Crippen LogP contribution in [0.25, 0.3) is 0 Å². The number of ether oxygens (including phenoxy) is 1. The van der Waals surface area contributed by atoms with Crippen molar-refractivity contribution in [2.75, 3.05) is 18.7 Å². The summed E-state index contributed by atoms with van der Waals surface area (Å²) in [4.78, 5) is 1.21. The zero-order valence-corrected chi connectivity index (χ0v) is 13.7. The molecule has 0 saturated heterocycles. The van der Waals surface area contributed by atoms with E-state index in [-0.39, 0.29) is 0 Å². The van der Waals surface area contributed by atoms with E-state index in [9.17, 15) is 0 Å². The summed E-state index contributed by atoms with van der Waals surface area (Å²) < 4.78 is 5.14. The first-order chi connectivity index (χ1) is 10.2. The fraction of sp³-hybridized carbons (Fsp3) is 0.188. The number of anilines is 1. The van der Waals surface area contributed by atoms with E-state index in [2.05, 4.69) is 29.0 Å². The lowest BCUT2D eigenvalue weighted by Gasteiger charge is -2.11. The van der Waals surface area contributed by atoms with Crippen LogP contribution in [0.15, 0.2) is 53.4 Å². The van der Waals surface area contributed by atoms with Gasteiger partial charge in [-0.25, -0.2) is 0 Å². The van der Waals surface area contributed by atoms with Gasteiger partial charge in [-0.2, -0.15) is 0 Å². The van der Waals surface area contributed by atoms with Crippen LogP contribution in [-0.2, 0) is 6.54 Å². The first-order valence-electron chi connectivity index (χ1n) is 6.53. The number of rotatable bonds is 5. The van der Waals surface area contributed by atoms with Gasteiger partial charge in [-0.3, -0.25) is 0 Å². The highest BCUT2D eigenvalue weighted by molar-refractivity contribution is 7.98. The second kappa shape index (κ2) is 7.90. The van der Waals surface area contributed by atoms with Gasteiger partial charge in [0, 0.05) is 17.1 Å². The molecule has 5 heteroatoms. The lowest BCUT2D eigenvalue weighted by molar-refractivity contribution is 0.414. The van der Waals surface area contributed by atoms with E-state index in [0.29, 0.717) is 11.7 Å². The summed E-state index contributed by atoms with van der Waals surface area (Å²) in [5.74, 6) is 0.855. The van der Waals surface area contributed by atoms with Crippen molar-refractivity contribution in [2.24, 2.45) is 0 Å². The third kappa shape index (κ3) is 4.95. The van der Waals surface area contributed by atoms with Gasteiger partial charge >= 0.3 is 0 Å². The molecule has 21 heavy (non-hydrogen) atoms. The molecule has 0 unspecified atom stereocenters. The molecular formula is C16H18N2OS2. The van der Waals surface area contributed by atoms with Gasteiger partial charge in [0.1, 0.15) is 5.75 Å². The SMILES string of the molecule is COc1ccc(CNC(=S)Nc2cccc(SC)c2)cc1. The Hall–Kier alpha value is -1.72. The largest absolute Gasteiger partial charge is 0.497 e. The van der Waals surface area contributed by atoms with Crippen molar-refractivity contribution >= 4 is 34.8 Å². The first-order valence-corrected chi connectivity index (χ1v) is 8.16. The zero-order chi connectivity index (χ0) is 15.1. The molecular weight excluding hydrogens is 300 g/mol. The molecule has 0 atom stereocenters. The van der Waals surface area contributed by atoms with Crippen molar-refractivity contribution in [1.29, 1.82) is 0 Å². The summed E-state index contributed by atoms with van der Waals surface area (Å²) in [6.45, 7) is 0.679. The maximum atomic E-state index is 5.31. The van der Waals surface area contributed by atoms with E-state index in [0.717, 1.165) is 17.0 Å². The lowest BCUT2D eigenvalue weighted by Crippen LogP contribution is -2.27. The molecule has 0 aliphatic heterocycles.